The Balaban J connectivity index is 1.65. The number of hydrogen-bond donors (Lipinski definition) is 2. The standard InChI is InChI=1S/C14H16FNO4/c15-10-3-5-11(6-4-10)20-9-1-2-12(17)16-14(7-8-14)13(18)19/h3-6H,1-2,7-9H2,(H,16,17)(H,18,19). The zero-order valence-corrected chi connectivity index (χ0v) is 10.9. The van der Waals surface area contributed by atoms with Crippen LogP contribution in [0.5, 0.6) is 5.75 Å². The van der Waals surface area contributed by atoms with E-state index < -0.39 is 11.5 Å². The first-order valence-electron chi connectivity index (χ1n) is 6.45. The highest BCUT2D eigenvalue weighted by molar-refractivity contribution is 5.89. The van der Waals surface area contributed by atoms with E-state index in [1.165, 1.54) is 24.3 Å². The number of ether oxygens (including phenoxy) is 1. The summed E-state index contributed by atoms with van der Waals surface area (Å²) in [6, 6.07) is 5.62. The number of carbonyl (C=O) groups is 2. The summed E-state index contributed by atoms with van der Waals surface area (Å²) in [4.78, 5) is 22.5. The first-order valence-corrected chi connectivity index (χ1v) is 6.45. The van der Waals surface area contributed by atoms with Crippen LogP contribution in [-0.2, 0) is 9.59 Å². The van der Waals surface area contributed by atoms with Crippen molar-refractivity contribution in [3.05, 3.63) is 30.1 Å². The van der Waals surface area contributed by atoms with E-state index in [2.05, 4.69) is 5.32 Å². The highest BCUT2D eigenvalue weighted by Gasteiger charge is 2.51. The molecule has 1 aliphatic carbocycles. The van der Waals surface area contributed by atoms with Gasteiger partial charge in [0.15, 0.2) is 0 Å². The predicted octanol–water partition coefficient (Wildman–Crippen LogP) is 1.72. The van der Waals surface area contributed by atoms with Crippen LogP contribution in [0.15, 0.2) is 24.3 Å². The van der Waals surface area contributed by atoms with Gasteiger partial charge < -0.3 is 15.2 Å². The zero-order valence-electron chi connectivity index (χ0n) is 10.9. The van der Waals surface area contributed by atoms with Crippen molar-refractivity contribution in [3.8, 4) is 5.75 Å². The Morgan fingerprint density at radius 1 is 1.30 bits per heavy atom. The van der Waals surface area contributed by atoms with Crippen LogP contribution in [0, 0.1) is 5.82 Å². The van der Waals surface area contributed by atoms with Crippen LogP contribution >= 0.6 is 0 Å². The molecule has 0 unspecified atom stereocenters. The van der Waals surface area contributed by atoms with Gasteiger partial charge in [0.1, 0.15) is 17.1 Å². The number of carbonyl (C=O) groups excluding carboxylic acids is 1. The highest BCUT2D eigenvalue weighted by Crippen LogP contribution is 2.35. The maximum Gasteiger partial charge on any atom is 0.329 e. The summed E-state index contributed by atoms with van der Waals surface area (Å²) in [5.74, 6) is -1.06. The van der Waals surface area contributed by atoms with Gasteiger partial charge in [-0.15, -0.1) is 0 Å². The average molecular weight is 281 g/mol. The number of halogens is 1. The van der Waals surface area contributed by atoms with Crippen LogP contribution < -0.4 is 10.1 Å². The zero-order chi connectivity index (χ0) is 14.6. The van der Waals surface area contributed by atoms with Gasteiger partial charge in [-0.3, -0.25) is 4.79 Å². The minimum Gasteiger partial charge on any atom is -0.494 e. The Kier molecular flexibility index (Phi) is 4.22. The summed E-state index contributed by atoms with van der Waals surface area (Å²) in [5.41, 5.74) is -1.03. The van der Waals surface area contributed by atoms with Crippen LogP contribution in [0.1, 0.15) is 25.7 Å². The number of amides is 1. The smallest absolute Gasteiger partial charge is 0.329 e. The number of hydrogen-bond acceptors (Lipinski definition) is 3. The molecule has 1 fully saturated rings. The number of aliphatic carboxylic acids is 1. The van der Waals surface area contributed by atoms with Gasteiger partial charge in [-0.2, -0.15) is 0 Å². The minimum absolute atomic E-state index is 0.205. The molecule has 2 rings (SSSR count). The van der Waals surface area contributed by atoms with Crippen LogP contribution in [0.3, 0.4) is 0 Å². The second kappa shape index (κ2) is 5.90. The topological polar surface area (TPSA) is 75.6 Å². The number of rotatable bonds is 7. The molecule has 0 atom stereocenters. The number of carboxylic acids is 1. The van der Waals surface area contributed by atoms with Gasteiger partial charge in [0.2, 0.25) is 5.91 Å². The summed E-state index contributed by atoms with van der Waals surface area (Å²) in [6.07, 6.45) is 1.65. The normalized spacial score (nSPS) is 15.4. The first-order chi connectivity index (χ1) is 9.52. The first kappa shape index (κ1) is 14.3. The fourth-order valence-corrected chi connectivity index (χ4v) is 1.80. The molecule has 0 saturated heterocycles. The van der Waals surface area contributed by atoms with Gasteiger partial charge in [-0.25, -0.2) is 9.18 Å². The van der Waals surface area contributed by atoms with Crippen LogP contribution in [0.25, 0.3) is 0 Å². The van der Waals surface area contributed by atoms with E-state index >= 15 is 0 Å². The maximum absolute atomic E-state index is 12.7. The third-order valence-electron chi connectivity index (χ3n) is 3.17. The van der Waals surface area contributed by atoms with Gasteiger partial charge in [0, 0.05) is 6.42 Å². The van der Waals surface area contributed by atoms with Crippen molar-refractivity contribution in [1.82, 2.24) is 5.32 Å². The van der Waals surface area contributed by atoms with E-state index in [9.17, 15) is 14.0 Å². The predicted molar refractivity (Wildman–Crippen MR) is 68.9 cm³/mol. The second-order valence-corrected chi connectivity index (χ2v) is 4.84. The fraction of sp³-hybridized carbons (Fsp3) is 0.429. The summed E-state index contributed by atoms with van der Waals surface area (Å²) in [7, 11) is 0. The maximum atomic E-state index is 12.7. The summed E-state index contributed by atoms with van der Waals surface area (Å²) >= 11 is 0. The summed E-state index contributed by atoms with van der Waals surface area (Å²) in [5, 5.41) is 11.5. The second-order valence-electron chi connectivity index (χ2n) is 4.84. The number of nitrogens with one attached hydrogen (secondary N) is 1. The lowest BCUT2D eigenvalue weighted by Crippen LogP contribution is -2.43. The van der Waals surface area contributed by atoms with Gasteiger partial charge in [0.25, 0.3) is 0 Å². The van der Waals surface area contributed by atoms with Crippen molar-refractivity contribution < 1.29 is 23.8 Å². The lowest BCUT2D eigenvalue weighted by Gasteiger charge is -2.12. The molecular weight excluding hydrogens is 265 g/mol. The van der Waals surface area contributed by atoms with Crippen molar-refractivity contribution in [1.29, 1.82) is 0 Å². The molecule has 0 spiro atoms. The van der Waals surface area contributed by atoms with Crippen LogP contribution in [0.2, 0.25) is 0 Å². The molecule has 6 heteroatoms. The van der Waals surface area contributed by atoms with Gasteiger partial charge >= 0.3 is 5.97 Å². The molecule has 5 nitrogen and oxygen atoms in total. The fourth-order valence-electron chi connectivity index (χ4n) is 1.80. The molecule has 1 amide bonds. The van der Waals surface area contributed by atoms with E-state index in [1.54, 1.807) is 0 Å². The van der Waals surface area contributed by atoms with E-state index in [1.807, 2.05) is 0 Å². The molecule has 108 valence electrons. The molecule has 0 radical (unpaired) electrons. The Bertz CT molecular complexity index is 496. The number of benzene rings is 1. The van der Waals surface area contributed by atoms with Crippen molar-refractivity contribution in [2.75, 3.05) is 6.61 Å². The monoisotopic (exact) mass is 281 g/mol. The molecular formula is C14H16FNO4. The van der Waals surface area contributed by atoms with Crippen molar-refractivity contribution in [2.45, 2.75) is 31.2 Å². The van der Waals surface area contributed by atoms with E-state index in [4.69, 9.17) is 9.84 Å². The van der Waals surface area contributed by atoms with Gasteiger partial charge in [-0.1, -0.05) is 0 Å². The average Bonchev–Trinajstić information content (AvgIpc) is 3.18. The van der Waals surface area contributed by atoms with Gasteiger partial charge in [0.05, 0.1) is 6.61 Å². The molecule has 20 heavy (non-hydrogen) atoms. The van der Waals surface area contributed by atoms with E-state index in [-0.39, 0.29) is 18.1 Å². The Morgan fingerprint density at radius 2 is 1.95 bits per heavy atom. The van der Waals surface area contributed by atoms with Crippen molar-refractivity contribution >= 4 is 11.9 Å². The lowest BCUT2D eigenvalue weighted by molar-refractivity contribution is -0.143. The molecule has 0 aromatic heterocycles. The molecule has 1 aliphatic rings. The highest BCUT2D eigenvalue weighted by atomic mass is 19.1. The molecule has 1 aromatic rings. The van der Waals surface area contributed by atoms with Crippen LogP contribution in [-0.4, -0.2) is 29.1 Å². The molecule has 1 aromatic carbocycles. The lowest BCUT2D eigenvalue weighted by atomic mass is 10.2. The molecule has 0 bridgehead atoms. The summed E-state index contributed by atoms with van der Waals surface area (Å²) < 4.78 is 18.0. The quantitative estimate of drug-likeness (QED) is 0.746. The largest absolute Gasteiger partial charge is 0.494 e. The third-order valence-corrected chi connectivity index (χ3v) is 3.17. The Labute approximate surface area is 115 Å². The molecule has 1 saturated carbocycles. The SMILES string of the molecule is O=C(CCCOc1ccc(F)cc1)NC1(C(=O)O)CC1. The third kappa shape index (κ3) is 3.69. The van der Waals surface area contributed by atoms with Crippen LogP contribution in [0.4, 0.5) is 4.39 Å². The molecule has 0 heterocycles. The van der Waals surface area contributed by atoms with E-state index in [0.29, 0.717) is 31.6 Å². The summed E-state index contributed by atoms with van der Waals surface area (Å²) in [6.45, 7) is 0.319. The Hall–Kier alpha value is -2.11. The minimum atomic E-state index is -1.03. The molecule has 0 aliphatic heterocycles. The Morgan fingerprint density at radius 3 is 2.50 bits per heavy atom. The van der Waals surface area contributed by atoms with Crippen molar-refractivity contribution in [3.63, 3.8) is 0 Å². The number of carboxylic acid groups (broad SMARTS) is 1. The molecule has 2 N–H and O–H groups in total. The van der Waals surface area contributed by atoms with E-state index in [0.717, 1.165) is 0 Å². The van der Waals surface area contributed by atoms with Gasteiger partial charge in [-0.05, 0) is 43.5 Å². The van der Waals surface area contributed by atoms with Crippen molar-refractivity contribution in [2.24, 2.45) is 0 Å².